The van der Waals surface area contributed by atoms with Crippen molar-refractivity contribution in [2.45, 2.75) is 38.8 Å². The lowest BCUT2D eigenvalue weighted by Gasteiger charge is -2.25. The van der Waals surface area contributed by atoms with Crippen LogP contribution in [0, 0.1) is 5.92 Å². The van der Waals surface area contributed by atoms with Crippen LogP contribution in [0.1, 0.15) is 31.7 Å². The van der Waals surface area contributed by atoms with Crippen molar-refractivity contribution >= 4 is 12.0 Å². The standard InChI is InChI=1S/C15H21N3O3/c1-2-18(10-11-5-7-16-8-6-11)15(21)17-13(9-14(19)20)12-3-4-12/h5-8,12-13H,2-4,9-10H2,1H3,(H,17,21)(H,19,20). The van der Waals surface area contributed by atoms with Gasteiger partial charge in [-0.2, -0.15) is 0 Å². The van der Waals surface area contributed by atoms with Crippen molar-refractivity contribution in [2.75, 3.05) is 6.54 Å². The summed E-state index contributed by atoms with van der Waals surface area (Å²) in [4.78, 5) is 28.8. The first-order chi connectivity index (χ1) is 10.1. The molecule has 1 atom stereocenters. The molecule has 0 radical (unpaired) electrons. The molecule has 0 bridgehead atoms. The van der Waals surface area contributed by atoms with Crippen LogP contribution in [-0.4, -0.2) is 39.6 Å². The van der Waals surface area contributed by atoms with Gasteiger partial charge in [0.05, 0.1) is 6.42 Å². The van der Waals surface area contributed by atoms with Crippen molar-refractivity contribution < 1.29 is 14.7 Å². The van der Waals surface area contributed by atoms with Gasteiger partial charge >= 0.3 is 12.0 Å². The number of carbonyl (C=O) groups is 2. The molecule has 0 aromatic carbocycles. The molecule has 1 fully saturated rings. The Labute approximate surface area is 124 Å². The van der Waals surface area contributed by atoms with Gasteiger partial charge in [-0.15, -0.1) is 0 Å². The molecule has 1 aromatic rings. The molecule has 0 spiro atoms. The van der Waals surface area contributed by atoms with Crippen LogP contribution in [-0.2, 0) is 11.3 Å². The lowest BCUT2D eigenvalue weighted by atomic mass is 10.1. The fraction of sp³-hybridized carbons (Fsp3) is 0.533. The van der Waals surface area contributed by atoms with E-state index >= 15 is 0 Å². The third-order valence-corrected chi connectivity index (χ3v) is 3.69. The van der Waals surface area contributed by atoms with Gasteiger partial charge in [-0.25, -0.2) is 4.79 Å². The maximum absolute atomic E-state index is 12.3. The summed E-state index contributed by atoms with van der Waals surface area (Å²) in [5, 5.41) is 11.8. The number of carboxylic acids is 1. The average Bonchev–Trinajstić information content (AvgIpc) is 3.29. The summed E-state index contributed by atoms with van der Waals surface area (Å²) in [5.41, 5.74) is 1.00. The van der Waals surface area contributed by atoms with Gasteiger partial charge in [0.2, 0.25) is 0 Å². The number of nitrogens with zero attached hydrogens (tertiary/aromatic N) is 2. The first-order valence-corrected chi connectivity index (χ1v) is 7.26. The maximum Gasteiger partial charge on any atom is 0.317 e. The first-order valence-electron chi connectivity index (χ1n) is 7.26. The Morgan fingerprint density at radius 3 is 2.62 bits per heavy atom. The van der Waals surface area contributed by atoms with Gasteiger partial charge in [0.15, 0.2) is 0 Å². The second-order valence-corrected chi connectivity index (χ2v) is 5.36. The summed E-state index contributed by atoms with van der Waals surface area (Å²) in [6, 6.07) is 3.27. The van der Waals surface area contributed by atoms with Gasteiger partial charge in [0, 0.05) is 31.5 Å². The number of aromatic nitrogens is 1. The number of hydrogen-bond donors (Lipinski definition) is 2. The summed E-state index contributed by atoms with van der Waals surface area (Å²) < 4.78 is 0. The highest BCUT2D eigenvalue weighted by atomic mass is 16.4. The van der Waals surface area contributed by atoms with E-state index in [2.05, 4.69) is 10.3 Å². The van der Waals surface area contributed by atoms with Gasteiger partial charge in [-0.1, -0.05) is 0 Å². The molecule has 0 saturated heterocycles. The van der Waals surface area contributed by atoms with Gasteiger partial charge in [0.1, 0.15) is 0 Å². The van der Waals surface area contributed by atoms with E-state index in [4.69, 9.17) is 5.11 Å². The predicted molar refractivity (Wildman–Crippen MR) is 77.6 cm³/mol. The molecule has 1 heterocycles. The molecule has 2 N–H and O–H groups in total. The SMILES string of the molecule is CCN(Cc1ccncc1)C(=O)NC(CC(=O)O)C1CC1. The molecule has 2 amide bonds. The number of pyridine rings is 1. The second-order valence-electron chi connectivity index (χ2n) is 5.36. The van der Waals surface area contributed by atoms with E-state index in [1.165, 1.54) is 0 Å². The molecule has 6 heteroatoms. The smallest absolute Gasteiger partial charge is 0.317 e. The number of urea groups is 1. The zero-order valence-electron chi connectivity index (χ0n) is 12.2. The Kier molecular flexibility index (Phi) is 5.14. The minimum Gasteiger partial charge on any atom is -0.481 e. The van der Waals surface area contributed by atoms with Crippen molar-refractivity contribution in [2.24, 2.45) is 5.92 Å². The monoisotopic (exact) mass is 291 g/mol. The minimum absolute atomic E-state index is 0.0107. The molecule has 0 aliphatic heterocycles. The summed E-state index contributed by atoms with van der Waals surface area (Å²) in [5.74, 6) is -0.561. The zero-order valence-corrected chi connectivity index (χ0v) is 12.2. The molecule has 1 aromatic heterocycles. The number of amides is 2. The van der Waals surface area contributed by atoms with Crippen LogP contribution in [0.3, 0.4) is 0 Å². The zero-order chi connectivity index (χ0) is 15.2. The fourth-order valence-corrected chi connectivity index (χ4v) is 2.31. The van der Waals surface area contributed by atoms with Crippen LogP contribution in [0.15, 0.2) is 24.5 Å². The Balaban J connectivity index is 1.93. The van der Waals surface area contributed by atoms with Gasteiger partial charge < -0.3 is 15.3 Å². The number of hydrogen-bond acceptors (Lipinski definition) is 3. The Bertz CT molecular complexity index is 488. The van der Waals surface area contributed by atoms with Crippen LogP contribution in [0.5, 0.6) is 0 Å². The highest BCUT2D eigenvalue weighted by Crippen LogP contribution is 2.34. The van der Waals surface area contributed by atoms with Crippen molar-refractivity contribution in [3.8, 4) is 0 Å². The maximum atomic E-state index is 12.3. The van der Waals surface area contributed by atoms with Gasteiger partial charge in [-0.3, -0.25) is 9.78 Å². The second kappa shape index (κ2) is 7.06. The van der Waals surface area contributed by atoms with Gasteiger partial charge in [-0.05, 0) is 43.4 Å². The van der Waals surface area contributed by atoms with E-state index in [0.717, 1.165) is 18.4 Å². The Hall–Kier alpha value is -2.11. The number of carbonyl (C=O) groups excluding carboxylic acids is 1. The third-order valence-electron chi connectivity index (χ3n) is 3.69. The number of rotatable bonds is 7. The predicted octanol–water partition coefficient (Wildman–Crippen LogP) is 1.87. The van der Waals surface area contributed by atoms with Crippen LogP contribution in [0.4, 0.5) is 4.79 Å². The molecule has 21 heavy (non-hydrogen) atoms. The molecular formula is C15H21N3O3. The topological polar surface area (TPSA) is 82.5 Å². The summed E-state index contributed by atoms with van der Waals surface area (Å²) in [7, 11) is 0. The number of aliphatic carboxylic acids is 1. The molecule has 1 saturated carbocycles. The van der Waals surface area contributed by atoms with Crippen LogP contribution in [0.25, 0.3) is 0 Å². The molecule has 1 unspecified atom stereocenters. The van der Waals surface area contributed by atoms with Crippen LogP contribution >= 0.6 is 0 Å². The summed E-state index contributed by atoms with van der Waals surface area (Å²) >= 11 is 0. The lowest BCUT2D eigenvalue weighted by molar-refractivity contribution is -0.137. The average molecular weight is 291 g/mol. The molecule has 114 valence electrons. The summed E-state index contributed by atoms with van der Waals surface area (Å²) in [6.07, 6.45) is 5.36. The Morgan fingerprint density at radius 2 is 2.10 bits per heavy atom. The minimum atomic E-state index is -0.871. The highest BCUT2D eigenvalue weighted by Gasteiger charge is 2.34. The van der Waals surface area contributed by atoms with Gasteiger partial charge in [0.25, 0.3) is 0 Å². The van der Waals surface area contributed by atoms with Crippen LogP contribution in [0.2, 0.25) is 0 Å². The summed E-state index contributed by atoms with van der Waals surface area (Å²) in [6.45, 7) is 2.97. The molecule has 1 aliphatic carbocycles. The van der Waals surface area contributed by atoms with E-state index in [9.17, 15) is 9.59 Å². The number of nitrogens with one attached hydrogen (secondary N) is 1. The van der Waals surface area contributed by atoms with Crippen molar-refractivity contribution in [3.05, 3.63) is 30.1 Å². The third kappa shape index (κ3) is 4.73. The van der Waals surface area contributed by atoms with Crippen molar-refractivity contribution in [1.29, 1.82) is 0 Å². The van der Waals surface area contributed by atoms with E-state index in [1.807, 2.05) is 19.1 Å². The van der Waals surface area contributed by atoms with Crippen molar-refractivity contribution in [1.82, 2.24) is 15.2 Å². The van der Waals surface area contributed by atoms with E-state index < -0.39 is 5.97 Å². The largest absolute Gasteiger partial charge is 0.481 e. The quantitative estimate of drug-likeness (QED) is 0.803. The van der Waals surface area contributed by atoms with E-state index in [1.54, 1.807) is 17.3 Å². The normalized spacial score (nSPS) is 15.3. The molecule has 1 aliphatic rings. The first kappa shape index (κ1) is 15.3. The van der Waals surface area contributed by atoms with Crippen molar-refractivity contribution in [3.63, 3.8) is 0 Å². The fourth-order valence-electron chi connectivity index (χ4n) is 2.31. The van der Waals surface area contributed by atoms with E-state index in [-0.39, 0.29) is 18.5 Å². The number of carboxylic acid groups (broad SMARTS) is 1. The lowest BCUT2D eigenvalue weighted by Crippen LogP contribution is -2.46. The van der Waals surface area contributed by atoms with Crippen LogP contribution < -0.4 is 5.32 Å². The molecular weight excluding hydrogens is 270 g/mol. The molecule has 2 rings (SSSR count). The Morgan fingerprint density at radius 1 is 1.43 bits per heavy atom. The molecule has 6 nitrogen and oxygen atoms in total. The van der Waals surface area contributed by atoms with E-state index in [0.29, 0.717) is 19.0 Å². The highest BCUT2D eigenvalue weighted by molar-refractivity contribution is 5.76.